The Hall–Kier alpha value is -2.41. The lowest BCUT2D eigenvalue weighted by Crippen LogP contribution is -2.37. The van der Waals surface area contributed by atoms with E-state index in [0.717, 1.165) is 5.56 Å². The zero-order valence-corrected chi connectivity index (χ0v) is 10.4. The summed E-state index contributed by atoms with van der Waals surface area (Å²) in [4.78, 5) is 21.6. The molecule has 0 aromatic heterocycles. The van der Waals surface area contributed by atoms with Gasteiger partial charge in [0.1, 0.15) is 5.84 Å². The Balaban J connectivity index is 2.59. The Morgan fingerprint density at radius 1 is 1.37 bits per heavy atom. The highest BCUT2D eigenvalue weighted by Gasteiger charge is 2.07. The zero-order chi connectivity index (χ0) is 14.4. The van der Waals surface area contributed by atoms with Crippen molar-refractivity contribution in [1.29, 1.82) is 5.41 Å². The van der Waals surface area contributed by atoms with Gasteiger partial charge in [0.05, 0.1) is 6.04 Å². The number of rotatable bonds is 4. The van der Waals surface area contributed by atoms with Gasteiger partial charge >= 0.3 is 6.09 Å². The third-order valence-corrected chi connectivity index (χ3v) is 2.35. The summed E-state index contributed by atoms with van der Waals surface area (Å²) in [5.74, 6) is -0.442. The molecule has 2 amide bonds. The van der Waals surface area contributed by atoms with Crippen LogP contribution in [0.5, 0.6) is 0 Å². The summed E-state index contributed by atoms with van der Waals surface area (Å²) in [5.41, 5.74) is 6.69. The molecule has 0 bridgehead atoms. The fraction of sp³-hybridized carbons (Fsp3) is 0.250. The molecule has 7 nitrogen and oxygen atoms in total. The van der Waals surface area contributed by atoms with Crippen molar-refractivity contribution in [3.05, 3.63) is 35.4 Å². The maximum absolute atomic E-state index is 11.3. The molecule has 0 radical (unpaired) electrons. The number of carboxylic acid groups (broad SMARTS) is 1. The van der Waals surface area contributed by atoms with Gasteiger partial charge in [0.25, 0.3) is 0 Å². The fourth-order valence-corrected chi connectivity index (χ4v) is 1.32. The van der Waals surface area contributed by atoms with Crippen LogP contribution < -0.4 is 16.4 Å². The number of amides is 2. The lowest BCUT2D eigenvalue weighted by Gasteiger charge is -2.08. The monoisotopic (exact) mass is 264 g/mol. The van der Waals surface area contributed by atoms with Crippen molar-refractivity contribution >= 4 is 17.8 Å². The summed E-state index contributed by atoms with van der Waals surface area (Å²) in [7, 11) is 0. The van der Waals surface area contributed by atoms with Gasteiger partial charge in [-0.2, -0.15) is 0 Å². The van der Waals surface area contributed by atoms with Gasteiger partial charge in [0, 0.05) is 12.1 Å². The van der Waals surface area contributed by atoms with E-state index in [1.165, 1.54) is 0 Å². The van der Waals surface area contributed by atoms with E-state index in [0.29, 0.717) is 12.1 Å². The number of nitrogens with one attached hydrogen (secondary N) is 3. The van der Waals surface area contributed by atoms with Crippen LogP contribution in [0.2, 0.25) is 0 Å². The number of benzene rings is 1. The topological polar surface area (TPSA) is 128 Å². The number of amidine groups is 1. The average Bonchev–Trinajstić information content (AvgIpc) is 2.35. The first-order chi connectivity index (χ1) is 8.90. The first-order valence-electron chi connectivity index (χ1n) is 5.61. The Morgan fingerprint density at radius 3 is 2.42 bits per heavy atom. The van der Waals surface area contributed by atoms with Crippen LogP contribution in [0.3, 0.4) is 0 Å². The van der Waals surface area contributed by atoms with Crippen molar-refractivity contribution in [1.82, 2.24) is 10.6 Å². The molecule has 0 unspecified atom stereocenters. The largest absolute Gasteiger partial charge is 0.465 e. The van der Waals surface area contributed by atoms with Crippen LogP contribution in [-0.4, -0.2) is 29.0 Å². The van der Waals surface area contributed by atoms with Gasteiger partial charge in [0.2, 0.25) is 5.91 Å². The number of carbonyl (C=O) groups is 2. The van der Waals surface area contributed by atoms with E-state index in [9.17, 15) is 9.59 Å². The quantitative estimate of drug-likeness (QED) is 0.394. The molecular weight excluding hydrogens is 248 g/mol. The van der Waals surface area contributed by atoms with E-state index in [1.54, 1.807) is 31.2 Å². The van der Waals surface area contributed by atoms with Gasteiger partial charge < -0.3 is 16.2 Å². The molecule has 1 aromatic carbocycles. The van der Waals surface area contributed by atoms with Crippen LogP contribution in [-0.2, 0) is 11.3 Å². The normalized spacial score (nSPS) is 11.5. The maximum Gasteiger partial charge on any atom is 0.410 e. The zero-order valence-electron chi connectivity index (χ0n) is 10.4. The Labute approximate surface area is 110 Å². The van der Waals surface area contributed by atoms with Crippen LogP contribution in [0, 0.1) is 5.41 Å². The van der Waals surface area contributed by atoms with Gasteiger partial charge in [0.15, 0.2) is 0 Å². The molecule has 0 heterocycles. The van der Waals surface area contributed by atoms with Gasteiger partial charge in [-0.1, -0.05) is 24.3 Å². The third-order valence-electron chi connectivity index (χ3n) is 2.35. The average molecular weight is 264 g/mol. The van der Waals surface area contributed by atoms with E-state index in [1.807, 2.05) is 5.32 Å². The minimum Gasteiger partial charge on any atom is -0.465 e. The van der Waals surface area contributed by atoms with Gasteiger partial charge in [-0.3, -0.25) is 15.5 Å². The molecule has 1 atom stereocenters. The molecule has 0 spiro atoms. The van der Waals surface area contributed by atoms with Crippen LogP contribution in [0.15, 0.2) is 24.3 Å². The summed E-state index contributed by atoms with van der Waals surface area (Å²) in [6.07, 6.45) is -1.28. The molecule has 0 aliphatic rings. The summed E-state index contributed by atoms with van der Waals surface area (Å²) in [6, 6.07) is 6.05. The Kier molecular flexibility index (Phi) is 5.01. The van der Waals surface area contributed by atoms with E-state index in [-0.39, 0.29) is 11.7 Å². The maximum atomic E-state index is 11.3. The number of hydrogen-bond acceptors (Lipinski definition) is 4. The van der Waals surface area contributed by atoms with Gasteiger partial charge in [-0.25, -0.2) is 4.79 Å². The summed E-state index contributed by atoms with van der Waals surface area (Å²) in [6.45, 7) is 1.93. The number of carbonyl (C=O) groups excluding carboxylic acids is 1. The van der Waals surface area contributed by atoms with E-state index in [2.05, 4.69) is 5.32 Å². The predicted molar refractivity (Wildman–Crippen MR) is 69.9 cm³/mol. The molecule has 0 aliphatic carbocycles. The molecule has 7 heteroatoms. The van der Waals surface area contributed by atoms with E-state index < -0.39 is 12.1 Å². The summed E-state index contributed by atoms with van der Waals surface area (Å²) >= 11 is 0. The lowest BCUT2D eigenvalue weighted by atomic mass is 10.1. The van der Waals surface area contributed by atoms with Crippen LogP contribution in [0.4, 0.5) is 4.79 Å². The Morgan fingerprint density at radius 2 is 1.95 bits per heavy atom. The fourth-order valence-electron chi connectivity index (χ4n) is 1.32. The first kappa shape index (κ1) is 14.7. The van der Waals surface area contributed by atoms with E-state index in [4.69, 9.17) is 16.2 Å². The number of hydrogen-bond donors (Lipinski definition) is 5. The summed E-state index contributed by atoms with van der Waals surface area (Å²) < 4.78 is 0. The van der Waals surface area contributed by atoms with Crippen molar-refractivity contribution in [2.45, 2.75) is 19.5 Å². The first-order valence-corrected chi connectivity index (χ1v) is 5.61. The summed E-state index contributed by atoms with van der Waals surface area (Å²) in [5, 5.41) is 20.6. The molecule has 19 heavy (non-hydrogen) atoms. The highest BCUT2D eigenvalue weighted by Crippen LogP contribution is 2.04. The standard InChI is InChI=1S/C12H16N4O3/c1-7(13)11(17)15-6-8-2-4-9(5-3-8)10(14)16-12(18)19/h2-5,7H,6,13H2,1H3,(H2,14,16)(H,15,17)(H,18,19)/t7-/m0/s1. The molecule has 102 valence electrons. The van der Waals surface area contributed by atoms with E-state index >= 15 is 0 Å². The highest BCUT2D eigenvalue weighted by atomic mass is 16.4. The SMILES string of the molecule is C[C@H](N)C(=O)NCc1ccc(C(=N)NC(=O)O)cc1. The van der Waals surface area contributed by atoms with Crippen molar-refractivity contribution in [2.75, 3.05) is 0 Å². The smallest absolute Gasteiger partial charge is 0.410 e. The lowest BCUT2D eigenvalue weighted by molar-refractivity contribution is -0.122. The molecule has 0 saturated carbocycles. The molecule has 6 N–H and O–H groups in total. The van der Waals surface area contributed by atoms with Crippen molar-refractivity contribution in [2.24, 2.45) is 5.73 Å². The molecule has 1 rings (SSSR count). The van der Waals surface area contributed by atoms with Gasteiger partial charge in [-0.15, -0.1) is 0 Å². The van der Waals surface area contributed by atoms with Gasteiger partial charge in [-0.05, 0) is 12.5 Å². The highest BCUT2D eigenvalue weighted by molar-refractivity contribution is 6.04. The van der Waals surface area contributed by atoms with Crippen LogP contribution in [0.1, 0.15) is 18.1 Å². The Bertz CT molecular complexity index is 482. The van der Waals surface area contributed by atoms with Crippen molar-refractivity contribution in [3.8, 4) is 0 Å². The molecular formula is C12H16N4O3. The second-order valence-corrected chi connectivity index (χ2v) is 4.01. The molecule has 0 saturated heterocycles. The minimum absolute atomic E-state index is 0.196. The minimum atomic E-state index is -1.28. The van der Waals surface area contributed by atoms with Crippen molar-refractivity contribution in [3.63, 3.8) is 0 Å². The third kappa shape index (κ3) is 4.76. The second kappa shape index (κ2) is 6.50. The molecule has 1 aromatic rings. The second-order valence-electron chi connectivity index (χ2n) is 4.01. The van der Waals surface area contributed by atoms with Crippen molar-refractivity contribution < 1.29 is 14.7 Å². The van der Waals surface area contributed by atoms with Crippen LogP contribution >= 0.6 is 0 Å². The van der Waals surface area contributed by atoms with Crippen LogP contribution in [0.25, 0.3) is 0 Å². The molecule has 0 fully saturated rings. The number of nitrogens with two attached hydrogens (primary N) is 1. The molecule has 0 aliphatic heterocycles. The predicted octanol–water partition coefficient (Wildman–Crippen LogP) is 0.243.